The molecule has 0 spiro atoms. The number of hydrogen-bond donors (Lipinski definition) is 2. The molecule has 0 radical (unpaired) electrons. The van der Waals surface area contributed by atoms with E-state index in [9.17, 15) is 4.79 Å². The summed E-state index contributed by atoms with van der Waals surface area (Å²) >= 11 is 0. The number of aliphatic hydroxyl groups excluding tert-OH is 1. The highest BCUT2D eigenvalue weighted by molar-refractivity contribution is 5.85. The van der Waals surface area contributed by atoms with Gasteiger partial charge in [-0.25, -0.2) is 9.48 Å². The molecule has 6 heteroatoms. The molecule has 0 fully saturated rings. The summed E-state index contributed by atoms with van der Waals surface area (Å²) in [5.74, 6) is -0.983. The van der Waals surface area contributed by atoms with Gasteiger partial charge in [0.05, 0.1) is 18.5 Å². The molecule has 1 heterocycles. The van der Waals surface area contributed by atoms with Crippen LogP contribution in [0.15, 0.2) is 36.5 Å². The van der Waals surface area contributed by atoms with Crippen LogP contribution in [0.4, 0.5) is 0 Å². The van der Waals surface area contributed by atoms with Crippen molar-refractivity contribution < 1.29 is 15.0 Å². The number of carboxylic acid groups (broad SMARTS) is 1. The van der Waals surface area contributed by atoms with Crippen LogP contribution in [-0.4, -0.2) is 31.2 Å². The first-order valence-corrected chi connectivity index (χ1v) is 5.22. The van der Waals surface area contributed by atoms with Crippen molar-refractivity contribution in [1.29, 1.82) is 0 Å². The van der Waals surface area contributed by atoms with E-state index in [-0.39, 0.29) is 6.61 Å². The van der Waals surface area contributed by atoms with Gasteiger partial charge in [0.2, 0.25) is 0 Å². The predicted octanol–water partition coefficient (Wildman–Crippen LogP) is 0.857. The Labute approximate surface area is 103 Å². The molecule has 0 unspecified atom stereocenters. The molecule has 0 aliphatic rings. The quantitative estimate of drug-likeness (QED) is 0.780. The summed E-state index contributed by atoms with van der Waals surface area (Å²) in [5.41, 5.74) is 2.06. The van der Waals surface area contributed by atoms with Crippen LogP contribution in [0, 0.1) is 0 Å². The first kappa shape index (κ1) is 12.0. The van der Waals surface area contributed by atoms with Gasteiger partial charge in [0.1, 0.15) is 5.69 Å². The zero-order chi connectivity index (χ0) is 13.0. The fourth-order valence-corrected chi connectivity index (χ4v) is 1.40. The minimum atomic E-state index is -0.983. The number of carboxylic acids is 1. The van der Waals surface area contributed by atoms with E-state index >= 15 is 0 Å². The van der Waals surface area contributed by atoms with Crippen molar-refractivity contribution in [3.63, 3.8) is 0 Å². The minimum Gasteiger partial charge on any atom is -0.478 e. The fraction of sp³-hybridized carbons (Fsp3) is 0.0833. The molecule has 0 bridgehead atoms. The second-order valence-electron chi connectivity index (χ2n) is 3.58. The van der Waals surface area contributed by atoms with E-state index in [4.69, 9.17) is 10.2 Å². The number of aliphatic hydroxyl groups is 1. The first-order valence-electron chi connectivity index (χ1n) is 5.22. The lowest BCUT2D eigenvalue weighted by Gasteiger charge is -2.00. The third-order valence-electron chi connectivity index (χ3n) is 2.28. The third-order valence-corrected chi connectivity index (χ3v) is 2.28. The Morgan fingerprint density at radius 2 is 2.06 bits per heavy atom. The summed E-state index contributed by atoms with van der Waals surface area (Å²) in [7, 11) is 0. The maximum atomic E-state index is 10.4. The molecule has 92 valence electrons. The lowest BCUT2D eigenvalue weighted by molar-refractivity contribution is -0.131. The van der Waals surface area contributed by atoms with Crippen molar-refractivity contribution >= 4 is 12.0 Å². The molecule has 0 aliphatic carbocycles. The van der Waals surface area contributed by atoms with E-state index in [0.29, 0.717) is 5.69 Å². The number of rotatable bonds is 4. The highest BCUT2D eigenvalue weighted by Gasteiger charge is 2.01. The second kappa shape index (κ2) is 5.24. The van der Waals surface area contributed by atoms with Gasteiger partial charge in [-0.2, -0.15) is 0 Å². The zero-order valence-corrected chi connectivity index (χ0v) is 9.39. The Hall–Kier alpha value is -2.47. The lowest BCUT2D eigenvalue weighted by Crippen LogP contribution is -1.94. The summed E-state index contributed by atoms with van der Waals surface area (Å²) in [4.78, 5) is 10.4. The van der Waals surface area contributed by atoms with Crippen LogP contribution in [-0.2, 0) is 11.4 Å². The van der Waals surface area contributed by atoms with Crippen LogP contribution in [0.25, 0.3) is 11.8 Å². The average Bonchev–Trinajstić information content (AvgIpc) is 2.85. The summed E-state index contributed by atoms with van der Waals surface area (Å²) < 4.78 is 1.54. The average molecular weight is 245 g/mol. The monoisotopic (exact) mass is 245 g/mol. The molecule has 6 nitrogen and oxygen atoms in total. The normalized spacial score (nSPS) is 10.9. The third kappa shape index (κ3) is 2.80. The van der Waals surface area contributed by atoms with Crippen molar-refractivity contribution in [2.45, 2.75) is 6.61 Å². The van der Waals surface area contributed by atoms with Gasteiger partial charge in [0.25, 0.3) is 0 Å². The Kier molecular flexibility index (Phi) is 3.49. The van der Waals surface area contributed by atoms with Gasteiger partial charge in [-0.05, 0) is 23.8 Å². The number of aromatic nitrogens is 3. The van der Waals surface area contributed by atoms with Gasteiger partial charge in [-0.15, -0.1) is 5.10 Å². The smallest absolute Gasteiger partial charge is 0.328 e. The van der Waals surface area contributed by atoms with E-state index in [1.165, 1.54) is 10.8 Å². The number of carbonyl (C=O) groups is 1. The van der Waals surface area contributed by atoms with E-state index < -0.39 is 5.97 Å². The molecule has 2 aromatic rings. The Balaban J connectivity index is 2.19. The molecule has 0 aliphatic heterocycles. The number of nitrogens with zero attached hydrogens (tertiary/aromatic N) is 3. The molecule has 0 amide bonds. The Bertz CT molecular complexity index is 573. The van der Waals surface area contributed by atoms with E-state index in [1.54, 1.807) is 30.5 Å². The standard InChI is InChI=1S/C12H11N3O3/c16-8-10-7-15(14-13-10)11-4-1-9(2-5-11)3-6-12(17)18/h1-7,16H,8H2,(H,17,18). The maximum absolute atomic E-state index is 10.4. The molecule has 1 aromatic carbocycles. The van der Waals surface area contributed by atoms with Crippen molar-refractivity contribution in [3.8, 4) is 5.69 Å². The van der Waals surface area contributed by atoms with Gasteiger partial charge in [0, 0.05) is 6.08 Å². The van der Waals surface area contributed by atoms with Crippen LogP contribution >= 0.6 is 0 Å². The van der Waals surface area contributed by atoms with Crippen LogP contribution in [0.2, 0.25) is 0 Å². The van der Waals surface area contributed by atoms with E-state index in [2.05, 4.69) is 10.3 Å². The van der Waals surface area contributed by atoms with Crippen molar-refractivity contribution in [2.24, 2.45) is 0 Å². The molecule has 0 atom stereocenters. The van der Waals surface area contributed by atoms with Gasteiger partial charge >= 0.3 is 5.97 Å². The van der Waals surface area contributed by atoms with Crippen LogP contribution in [0.5, 0.6) is 0 Å². The van der Waals surface area contributed by atoms with Crippen LogP contribution in [0.3, 0.4) is 0 Å². The van der Waals surface area contributed by atoms with E-state index in [0.717, 1.165) is 17.3 Å². The summed E-state index contributed by atoms with van der Waals surface area (Å²) in [6, 6.07) is 7.12. The minimum absolute atomic E-state index is 0.153. The molecule has 18 heavy (non-hydrogen) atoms. The largest absolute Gasteiger partial charge is 0.478 e. The molecular weight excluding hydrogens is 234 g/mol. The number of benzene rings is 1. The van der Waals surface area contributed by atoms with Gasteiger partial charge < -0.3 is 10.2 Å². The zero-order valence-electron chi connectivity index (χ0n) is 9.39. The topological polar surface area (TPSA) is 88.2 Å². The summed E-state index contributed by atoms with van der Waals surface area (Å²) in [5, 5.41) is 25.0. The molecule has 0 saturated carbocycles. The molecular formula is C12H11N3O3. The van der Waals surface area contributed by atoms with Gasteiger partial charge in [0.15, 0.2) is 0 Å². The Morgan fingerprint density at radius 3 is 2.61 bits per heavy atom. The molecule has 2 N–H and O–H groups in total. The summed E-state index contributed by atoms with van der Waals surface area (Å²) in [6.07, 6.45) is 4.21. The first-order chi connectivity index (χ1) is 8.69. The second-order valence-corrected chi connectivity index (χ2v) is 3.58. The van der Waals surface area contributed by atoms with Crippen molar-refractivity contribution in [1.82, 2.24) is 15.0 Å². The highest BCUT2D eigenvalue weighted by atomic mass is 16.4. The SMILES string of the molecule is O=C(O)C=Cc1ccc(-n2cc(CO)nn2)cc1. The molecule has 1 aromatic heterocycles. The fourth-order valence-electron chi connectivity index (χ4n) is 1.40. The van der Waals surface area contributed by atoms with E-state index in [1.807, 2.05) is 0 Å². The van der Waals surface area contributed by atoms with Crippen LogP contribution in [0.1, 0.15) is 11.3 Å². The summed E-state index contributed by atoms with van der Waals surface area (Å²) in [6.45, 7) is -0.153. The number of aliphatic carboxylic acids is 1. The van der Waals surface area contributed by atoms with Crippen molar-refractivity contribution in [3.05, 3.63) is 47.8 Å². The van der Waals surface area contributed by atoms with Crippen molar-refractivity contribution in [2.75, 3.05) is 0 Å². The number of hydrogen-bond acceptors (Lipinski definition) is 4. The lowest BCUT2D eigenvalue weighted by atomic mass is 10.2. The maximum Gasteiger partial charge on any atom is 0.328 e. The molecule has 2 rings (SSSR count). The van der Waals surface area contributed by atoms with Gasteiger partial charge in [-0.1, -0.05) is 17.3 Å². The molecule has 0 saturated heterocycles. The van der Waals surface area contributed by atoms with Crippen LogP contribution < -0.4 is 0 Å². The Morgan fingerprint density at radius 1 is 1.33 bits per heavy atom. The highest BCUT2D eigenvalue weighted by Crippen LogP contribution is 2.10. The van der Waals surface area contributed by atoms with Gasteiger partial charge in [-0.3, -0.25) is 0 Å². The predicted molar refractivity (Wildman–Crippen MR) is 64.0 cm³/mol.